The Morgan fingerprint density at radius 2 is 2.14 bits per heavy atom. The maximum atomic E-state index is 11.9. The summed E-state index contributed by atoms with van der Waals surface area (Å²) in [7, 11) is 0. The van der Waals surface area contributed by atoms with Crippen molar-refractivity contribution in [2.24, 2.45) is 0 Å². The minimum atomic E-state index is -0.261. The van der Waals surface area contributed by atoms with Crippen LogP contribution in [0.5, 0.6) is 0 Å². The van der Waals surface area contributed by atoms with Gasteiger partial charge >= 0.3 is 0 Å². The molecule has 1 amide bonds. The van der Waals surface area contributed by atoms with Gasteiger partial charge in [-0.2, -0.15) is 5.26 Å². The van der Waals surface area contributed by atoms with E-state index in [1.165, 1.54) is 11.8 Å². The lowest BCUT2D eigenvalue weighted by Gasteiger charge is -2.20. The van der Waals surface area contributed by atoms with Gasteiger partial charge in [-0.1, -0.05) is 30.0 Å². The van der Waals surface area contributed by atoms with Gasteiger partial charge in [0.2, 0.25) is 5.91 Å². The molecule has 0 saturated carbocycles. The summed E-state index contributed by atoms with van der Waals surface area (Å²) in [6, 6.07) is 9.87. The molecule has 1 N–H and O–H groups in total. The Balaban J connectivity index is 2.25. The lowest BCUT2D eigenvalue weighted by atomic mass is 10.1. The molecule has 1 heterocycles. The first-order valence-corrected chi connectivity index (χ1v) is 8.03. The predicted octanol–water partition coefficient (Wildman–Crippen LogP) is 3.42. The van der Waals surface area contributed by atoms with E-state index in [1.807, 2.05) is 52.0 Å². The maximum Gasteiger partial charge on any atom is 0.230 e. The highest BCUT2D eigenvalue weighted by Gasteiger charge is 2.15. The zero-order valence-corrected chi connectivity index (χ0v) is 14.0. The highest BCUT2D eigenvalue weighted by Crippen LogP contribution is 2.26. The summed E-state index contributed by atoms with van der Waals surface area (Å²) in [5.41, 5.74) is 2.18. The maximum absolute atomic E-state index is 11.9. The highest BCUT2D eigenvalue weighted by molar-refractivity contribution is 8.00. The van der Waals surface area contributed by atoms with E-state index in [4.69, 9.17) is 0 Å². The summed E-state index contributed by atoms with van der Waals surface area (Å²) in [4.78, 5) is 16.5. The fourth-order valence-electron chi connectivity index (χ4n) is 2.11. The number of thioether (sulfide) groups is 1. The molecule has 0 radical (unpaired) electrons. The molecule has 2 rings (SSSR count). The van der Waals surface area contributed by atoms with Gasteiger partial charge in [-0.15, -0.1) is 0 Å². The average molecular weight is 313 g/mol. The SMILES string of the molecule is Cc1cccc2cc(C#N)c(SCC(=O)NC(C)(C)C)nc12. The standard InChI is InChI=1S/C17H19N3OS/c1-11-6-5-7-12-8-13(9-18)16(19-15(11)12)22-10-14(21)20-17(2,3)4/h5-8H,10H2,1-4H3,(H,20,21). The van der Waals surface area contributed by atoms with Gasteiger partial charge in [0.05, 0.1) is 16.8 Å². The van der Waals surface area contributed by atoms with Gasteiger partial charge in [-0.25, -0.2) is 4.98 Å². The van der Waals surface area contributed by atoms with Crippen molar-refractivity contribution in [3.8, 4) is 6.07 Å². The van der Waals surface area contributed by atoms with Gasteiger partial charge in [-0.05, 0) is 39.3 Å². The molecule has 0 atom stereocenters. The van der Waals surface area contributed by atoms with Crippen molar-refractivity contribution in [1.29, 1.82) is 5.26 Å². The highest BCUT2D eigenvalue weighted by atomic mass is 32.2. The number of para-hydroxylation sites is 1. The van der Waals surface area contributed by atoms with Crippen LogP contribution in [0.15, 0.2) is 29.3 Å². The fourth-order valence-corrected chi connectivity index (χ4v) is 2.86. The Labute approximate surface area is 134 Å². The van der Waals surface area contributed by atoms with Crippen molar-refractivity contribution in [1.82, 2.24) is 10.3 Å². The molecule has 0 aliphatic carbocycles. The Hall–Kier alpha value is -2.06. The van der Waals surface area contributed by atoms with E-state index in [2.05, 4.69) is 16.4 Å². The molecule has 0 spiro atoms. The lowest BCUT2D eigenvalue weighted by Crippen LogP contribution is -2.41. The molecule has 0 aliphatic rings. The normalized spacial score (nSPS) is 11.2. The Morgan fingerprint density at radius 1 is 1.41 bits per heavy atom. The largest absolute Gasteiger partial charge is 0.351 e. The average Bonchev–Trinajstić information content (AvgIpc) is 2.43. The third-order valence-corrected chi connectivity index (χ3v) is 3.98. The molecular weight excluding hydrogens is 294 g/mol. The molecule has 1 aromatic heterocycles. The van der Waals surface area contributed by atoms with Gasteiger partial charge < -0.3 is 5.32 Å². The first-order chi connectivity index (χ1) is 10.3. The molecule has 22 heavy (non-hydrogen) atoms. The van der Waals surface area contributed by atoms with E-state index < -0.39 is 0 Å². The molecule has 0 fully saturated rings. The first-order valence-electron chi connectivity index (χ1n) is 7.04. The van der Waals surface area contributed by atoms with Crippen LogP contribution in [0.25, 0.3) is 10.9 Å². The van der Waals surface area contributed by atoms with Crippen molar-refractivity contribution in [2.75, 3.05) is 5.75 Å². The Morgan fingerprint density at radius 3 is 2.77 bits per heavy atom. The predicted molar refractivity (Wildman–Crippen MR) is 89.8 cm³/mol. The summed E-state index contributed by atoms with van der Waals surface area (Å²) in [5, 5.41) is 13.7. The number of carbonyl (C=O) groups excluding carboxylic acids is 1. The number of aromatic nitrogens is 1. The van der Waals surface area contributed by atoms with Crippen LogP contribution in [0, 0.1) is 18.3 Å². The van der Waals surface area contributed by atoms with Crippen LogP contribution in [0.1, 0.15) is 31.9 Å². The number of rotatable bonds is 3. The van der Waals surface area contributed by atoms with Gasteiger partial charge in [0, 0.05) is 10.9 Å². The van der Waals surface area contributed by atoms with E-state index in [0.29, 0.717) is 10.6 Å². The quantitative estimate of drug-likeness (QED) is 0.882. The van der Waals surface area contributed by atoms with Gasteiger partial charge in [0.25, 0.3) is 0 Å². The van der Waals surface area contributed by atoms with E-state index >= 15 is 0 Å². The van der Waals surface area contributed by atoms with Crippen LogP contribution in [-0.4, -0.2) is 22.2 Å². The van der Waals surface area contributed by atoms with Crippen LogP contribution < -0.4 is 5.32 Å². The van der Waals surface area contributed by atoms with E-state index in [9.17, 15) is 10.1 Å². The number of nitrogens with one attached hydrogen (secondary N) is 1. The lowest BCUT2D eigenvalue weighted by molar-refractivity contribution is -0.119. The minimum Gasteiger partial charge on any atom is -0.351 e. The van der Waals surface area contributed by atoms with Crippen LogP contribution in [0.4, 0.5) is 0 Å². The molecule has 1 aromatic carbocycles. The molecular formula is C17H19N3OS. The van der Waals surface area contributed by atoms with Crippen molar-refractivity contribution in [3.05, 3.63) is 35.4 Å². The van der Waals surface area contributed by atoms with Crippen LogP contribution >= 0.6 is 11.8 Å². The van der Waals surface area contributed by atoms with Gasteiger partial charge in [0.15, 0.2) is 0 Å². The van der Waals surface area contributed by atoms with Crippen LogP contribution in [0.2, 0.25) is 0 Å². The molecule has 0 unspecified atom stereocenters. The van der Waals surface area contributed by atoms with Crippen molar-refractivity contribution in [2.45, 2.75) is 38.3 Å². The third-order valence-electron chi connectivity index (χ3n) is 2.99. The topological polar surface area (TPSA) is 65.8 Å². The number of amides is 1. The zero-order chi connectivity index (χ0) is 16.3. The summed E-state index contributed by atoms with van der Waals surface area (Å²) < 4.78 is 0. The number of hydrogen-bond donors (Lipinski definition) is 1. The van der Waals surface area contributed by atoms with Crippen molar-refractivity contribution >= 4 is 28.6 Å². The number of pyridine rings is 1. The summed E-state index contributed by atoms with van der Waals surface area (Å²) >= 11 is 1.30. The monoisotopic (exact) mass is 313 g/mol. The number of benzene rings is 1. The second kappa shape index (κ2) is 6.37. The Bertz CT molecular complexity index is 757. The molecule has 0 bridgehead atoms. The summed E-state index contributed by atoms with van der Waals surface area (Å²) in [6.07, 6.45) is 0. The molecule has 0 aliphatic heterocycles. The second-order valence-corrected chi connectivity index (χ2v) is 7.15. The van der Waals surface area contributed by atoms with Gasteiger partial charge in [0.1, 0.15) is 11.1 Å². The van der Waals surface area contributed by atoms with Crippen LogP contribution in [0.3, 0.4) is 0 Å². The van der Waals surface area contributed by atoms with Crippen molar-refractivity contribution in [3.63, 3.8) is 0 Å². The van der Waals surface area contributed by atoms with E-state index in [0.717, 1.165) is 16.5 Å². The zero-order valence-electron chi connectivity index (χ0n) is 13.2. The first kappa shape index (κ1) is 16.3. The second-order valence-electron chi connectivity index (χ2n) is 6.19. The number of nitrogens with zero attached hydrogens (tertiary/aromatic N) is 2. The molecule has 4 nitrogen and oxygen atoms in total. The molecule has 0 saturated heterocycles. The molecule has 114 valence electrons. The number of aryl methyl sites for hydroxylation is 1. The molecule has 5 heteroatoms. The summed E-state index contributed by atoms with van der Waals surface area (Å²) in [6.45, 7) is 7.80. The van der Waals surface area contributed by atoms with Crippen molar-refractivity contribution < 1.29 is 4.79 Å². The number of fused-ring (bicyclic) bond motifs is 1. The third kappa shape index (κ3) is 3.99. The fraction of sp³-hybridized carbons (Fsp3) is 0.353. The number of nitriles is 1. The molecule has 2 aromatic rings. The van der Waals surface area contributed by atoms with Gasteiger partial charge in [-0.3, -0.25) is 4.79 Å². The van der Waals surface area contributed by atoms with E-state index in [-0.39, 0.29) is 17.2 Å². The van der Waals surface area contributed by atoms with Crippen LogP contribution in [-0.2, 0) is 4.79 Å². The minimum absolute atomic E-state index is 0.0620. The smallest absolute Gasteiger partial charge is 0.230 e. The van der Waals surface area contributed by atoms with E-state index in [1.54, 1.807) is 0 Å². The number of carbonyl (C=O) groups is 1. The summed E-state index contributed by atoms with van der Waals surface area (Å²) in [5.74, 6) is 0.184. The number of hydrogen-bond acceptors (Lipinski definition) is 4. The Kier molecular flexibility index (Phi) is 4.72.